The van der Waals surface area contributed by atoms with Crippen molar-refractivity contribution in [3.05, 3.63) is 23.9 Å². The zero-order valence-electron chi connectivity index (χ0n) is 10.0. The third-order valence-electron chi connectivity index (χ3n) is 2.94. The molecule has 18 heavy (non-hydrogen) atoms. The third kappa shape index (κ3) is 3.07. The van der Waals surface area contributed by atoms with Crippen LogP contribution in [0.3, 0.4) is 0 Å². The van der Waals surface area contributed by atoms with Crippen LogP contribution in [0.2, 0.25) is 0 Å². The molecule has 1 aliphatic rings. The van der Waals surface area contributed by atoms with E-state index in [2.05, 4.69) is 4.98 Å². The summed E-state index contributed by atoms with van der Waals surface area (Å²) in [5, 5.41) is -0.0747. The molecule has 6 heteroatoms. The van der Waals surface area contributed by atoms with Gasteiger partial charge in [-0.05, 0) is 37.3 Å². The lowest BCUT2D eigenvalue weighted by atomic mass is 10.1. The second-order valence-electron chi connectivity index (χ2n) is 4.57. The van der Waals surface area contributed by atoms with E-state index in [1.54, 1.807) is 18.3 Å². The smallest absolute Gasteiger partial charge is 0.217 e. The molecule has 2 rings (SSSR count). The number of hydrogen-bond donors (Lipinski definition) is 1. The molecule has 0 unspecified atom stereocenters. The number of pyridine rings is 1. The van der Waals surface area contributed by atoms with Crippen LogP contribution < -0.4 is 5.73 Å². The Morgan fingerprint density at radius 3 is 2.61 bits per heavy atom. The van der Waals surface area contributed by atoms with Gasteiger partial charge in [-0.1, -0.05) is 6.07 Å². The highest BCUT2D eigenvalue weighted by Gasteiger charge is 2.37. The first-order valence-corrected chi connectivity index (χ1v) is 7.52. The molecule has 0 bridgehead atoms. The van der Waals surface area contributed by atoms with Crippen molar-refractivity contribution >= 4 is 15.7 Å². The minimum Gasteiger partial charge on any atom is -0.370 e. The van der Waals surface area contributed by atoms with Crippen LogP contribution in [-0.2, 0) is 21.1 Å². The monoisotopic (exact) mass is 268 g/mol. The molecule has 0 aliphatic heterocycles. The normalized spacial score (nSPS) is 15.6. The van der Waals surface area contributed by atoms with Gasteiger partial charge in [-0.2, -0.15) is 0 Å². The number of primary amides is 1. The molecule has 1 fully saturated rings. The van der Waals surface area contributed by atoms with Gasteiger partial charge >= 0.3 is 0 Å². The van der Waals surface area contributed by atoms with Crippen LogP contribution in [0.1, 0.15) is 31.2 Å². The summed E-state index contributed by atoms with van der Waals surface area (Å²) in [5.41, 5.74) is 5.97. The maximum atomic E-state index is 11.9. The second-order valence-corrected chi connectivity index (χ2v) is 6.74. The zero-order chi connectivity index (χ0) is 13.2. The number of rotatable bonds is 6. The minimum atomic E-state index is -3.20. The Bertz CT molecular complexity index is 533. The molecule has 1 aromatic rings. The summed E-state index contributed by atoms with van der Waals surface area (Å²) in [5.74, 6) is -0.323. The van der Waals surface area contributed by atoms with Gasteiger partial charge in [0.2, 0.25) is 5.91 Å². The molecule has 1 heterocycles. The second kappa shape index (κ2) is 5.06. The number of sulfone groups is 1. The fourth-order valence-electron chi connectivity index (χ4n) is 1.74. The molecule has 98 valence electrons. The summed E-state index contributed by atoms with van der Waals surface area (Å²) in [6.07, 6.45) is 4.72. The van der Waals surface area contributed by atoms with Gasteiger partial charge in [0.25, 0.3) is 0 Å². The predicted octanol–water partition coefficient (Wildman–Crippen LogP) is 0.826. The molecule has 5 nitrogen and oxygen atoms in total. The lowest BCUT2D eigenvalue weighted by molar-refractivity contribution is -0.118. The van der Waals surface area contributed by atoms with E-state index in [4.69, 9.17) is 5.73 Å². The first-order chi connectivity index (χ1) is 8.50. The van der Waals surface area contributed by atoms with Crippen LogP contribution in [0.15, 0.2) is 23.4 Å². The summed E-state index contributed by atoms with van der Waals surface area (Å²) in [4.78, 5) is 14.6. The molecule has 1 amide bonds. The minimum absolute atomic E-state index is 0.156. The average Bonchev–Trinajstić information content (AvgIpc) is 3.13. The van der Waals surface area contributed by atoms with Crippen LogP contribution in [0.4, 0.5) is 0 Å². The average molecular weight is 268 g/mol. The molecule has 0 saturated heterocycles. The van der Waals surface area contributed by atoms with E-state index in [1.165, 1.54) is 0 Å². The van der Waals surface area contributed by atoms with Gasteiger partial charge in [-0.25, -0.2) is 13.4 Å². The summed E-state index contributed by atoms with van der Waals surface area (Å²) < 4.78 is 23.8. The zero-order valence-corrected chi connectivity index (χ0v) is 10.8. The summed E-state index contributed by atoms with van der Waals surface area (Å²) in [7, 11) is -3.20. The molecular weight excluding hydrogens is 252 g/mol. The highest BCUT2D eigenvalue weighted by atomic mass is 32.2. The number of amides is 1. The van der Waals surface area contributed by atoms with Gasteiger partial charge in [0.15, 0.2) is 14.9 Å². The van der Waals surface area contributed by atoms with Crippen molar-refractivity contribution in [3.63, 3.8) is 0 Å². The molecule has 0 atom stereocenters. The summed E-state index contributed by atoms with van der Waals surface area (Å²) >= 11 is 0. The molecule has 1 saturated carbocycles. The van der Waals surface area contributed by atoms with Gasteiger partial charge in [0.05, 0.1) is 5.25 Å². The first kappa shape index (κ1) is 13.0. The Morgan fingerprint density at radius 1 is 1.39 bits per heavy atom. The van der Waals surface area contributed by atoms with Gasteiger partial charge in [0, 0.05) is 12.6 Å². The number of carbonyl (C=O) groups excluding carboxylic acids is 1. The van der Waals surface area contributed by atoms with Gasteiger partial charge in [-0.15, -0.1) is 0 Å². The largest absolute Gasteiger partial charge is 0.370 e. The lowest BCUT2D eigenvalue weighted by Gasteiger charge is -2.03. The van der Waals surface area contributed by atoms with E-state index in [0.29, 0.717) is 19.3 Å². The maximum absolute atomic E-state index is 11.9. The molecular formula is C12H16N2O3S. The Balaban J connectivity index is 1.99. The van der Waals surface area contributed by atoms with Crippen LogP contribution in [0.25, 0.3) is 0 Å². The number of nitrogens with two attached hydrogens (primary N) is 1. The van der Waals surface area contributed by atoms with Crippen molar-refractivity contribution in [1.82, 2.24) is 4.98 Å². The van der Waals surface area contributed by atoms with Gasteiger partial charge in [-0.3, -0.25) is 4.79 Å². The van der Waals surface area contributed by atoms with Crippen LogP contribution in [0, 0.1) is 0 Å². The van der Waals surface area contributed by atoms with E-state index >= 15 is 0 Å². The topological polar surface area (TPSA) is 90.1 Å². The molecule has 2 N–H and O–H groups in total. The van der Waals surface area contributed by atoms with Crippen molar-refractivity contribution in [1.29, 1.82) is 0 Å². The number of hydrogen-bond acceptors (Lipinski definition) is 4. The highest BCUT2D eigenvalue weighted by Crippen LogP contribution is 2.32. The van der Waals surface area contributed by atoms with Gasteiger partial charge in [0.1, 0.15) is 0 Å². The Morgan fingerprint density at radius 2 is 2.11 bits per heavy atom. The van der Waals surface area contributed by atoms with Crippen molar-refractivity contribution in [3.8, 4) is 0 Å². The Kier molecular flexibility index (Phi) is 3.65. The fourth-order valence-corrected chi connectivity index (χ4v) is 3.30. The van der Waals surface area contributed by atoms with Gasteiger partial charge < -0.3 is 5.73 Å². The molecule has 0 radical (unpaired) electrons. The van der Waals surface area contributed by atoms with Crippen LogP contribution in [0.5, 0.6) is 0 Å². The van der Waals surface area contributed by atoms with E-state index in [0.717, 1.165) is 18.4 Å². The summed E-state index contributed by atoms with van der Waals surface area (Å²) in [6.45, 7) is 0. The van der Waals surface area contributed by atoms with Crippen LogP contribution >= 0.6 is 0 Å². The quantitative estimate of drug-likeness (QED) is 0.827. The number of aryl methyl sites for hydroxylation is 1. The Labute approximate surface area is 106 Å². The fraction of sp³-hybridized carbons (Fsp3) is 0.500. The molecule has 1 aromatic heterocycles. The molecule has 1 aliphatic carbocycles. The number of nitrogens with zero attached hydrogens (tertiary/aromatic N) is 1. The van der Waals surface area contributed by atoms with E-state index in [1.807, 2.05) is 0 Å². The summed E-state index contributed by atoms with van der Waals surface area (Å²) in [6, 6.07) is 3.30. The van der Waals surface area contributed by atoms with Crippen molar-refractivity contribution in [2.24, 2.45) is 5.73 Å². The number of carbonyl (C=O) groups is 1. The Hall–Kier alpha value is -1.43. The SMILES string of the molecule is NC(=O)CCCc1ccc(S(=O)(=O)C2CC2)nc1. The lowest BCUT2D eigenvalue weighted by Crippen LogP contribution is -2.10. The van der Waals surface area contributed by atoms with Crippen molar-refractivity contribution in [2.45, 2.75) is 42.4 Å². The van der Waals surface area contributed by atoms with E-state index in [-0.39, 0.29) is 16.2 Å². The van der Waals surface area contributed by atoms with E-state index in [9.17, 15) is 13.2 Å². The predicted molar refractivity (Wildman–Crippen MR) is 66.6 cm³/mol. The maximum Gasteiger partial charge on any atom is 0.217 e. The van der Waals surface area contributed by atoms with Crippen molar-refractivity contribution < 1.29 is 13.2 Å². The van der Waals surface area contributed by atoms with Crippen molar-refractivity contribution in [2.75, 3.05) is 0 Å². The standard InChI is InChI=1S/C12H16N2O3S/c13-11(15)3-1-2-9-4-7-12(14-8-9)18(16,17)10-5-6-10/h4,7-8,10H,1-3,5-6H2,(H2,13,15). The molecule has 0 aromatic carbocycles. The first-order valence-electron chi connectivity index (χ1n) is 5.97. The van der Waals surface area contributed by atoms with Crippen LogP contribution in [-0.4, -0.2) is 24.6 Å². The highest BCUT2D eigenvalue weighted by molar-refractivity contribution is 7.92. The third-order valence-corrected chi connectivity index (χ3v) is 5.11. The molecule has 0 spiro atoms. The number of aromatic nitrogens is 1. The van der Waals surface area contributed by atoms with E-state index < -0.39 is 9.84 Å².